The molecule has 1 heterocycles. The Morgan fingerprint density at radius 3 is 2.17 bits per heavy atom. The molecule has 0 atom stereocenters. The Hall–Kier alpha value is -0.900. The van der Waals surface area contributed by atoms with Crippen LogP contribution in [0.3, 0.4) is 0 Å². The van der Waals surface area contributed by atoms with Crippen molar-refractivity contribution in [3.8, 4) is 0 Å². The average Bonchev–Trinajstić information content (AvgIpc) is 3.01. The van der Waals surface area contributed by atoms with E-state index >= 15 is 0 Å². The zero-order chi connectivity index (χ0) is 17.1. The molecule has 0 radical (unpaired) electrons. The van der Waals surface area contributed by atoms with Crippen molar-refractivity contribution in [1.29, 1.82) is 0 Å². The van der Waals surface area contributed by atoms with Gasteiger partial charge in [-0.25, -0.2) is 0 Å². The fraction of sp³-hybridized carbons (Fsp3) is 0.812. The van der Waals surface area contributed by atoms with Crippen molar-refractivity contribution in [3.05, 3.63) is 12.7 Å². The largest absolute Gasteiger partial charge is 0.356 e. The minimum atomic E-state index is 0. The average molecular weight is 451 g/mol. The molecule has 0 aromatic carbocycles. The molecule has 0 aliphatic heterocycles. The first-order valence-electron chi connectivity index (χ1n) is 8.57. The minimum absolute atomic E-state index is 0. The molecular formula is C16H34IN7. The quantitative estimate of drug-likeness (QED) is 0.246. The lowest BCUT2D eigenvalue weighted by molar-refractivity contribution is 0.178. The van der Waals surface area contributed by atoms with Crippen molar-refractivity contribution in [3.63, 3.8) is 0 Å². The van der Waals surface area contributed by atoms with Crippen molar-refractivity contribution in [2.24, 2.45) is 4.99 Å². The molecule has 0 aliphatic carbocycles. The molecule has 7 nitrogen and oxygen atoms in total. The van der Waals surface area contributed by atoms with E-state index in [9.17, 15) is 0 Å². The van der Waals surface area contributed by atoms with Gasteiger partial charge in [0.2, 0.25) is 0 Å². The number of nitrogens with zero attached hydrogens (tertiary/aromatic N) is 5. The number of aromatic nitrogens is 3. The van der Waals surface area contributed by atoms with Gasteiger partial charge in [-0.1, -0.05) is 0 Å². The molecule has 2 N–H and O–H groups in total. The van der Waals surface area contributed by atoms with Crippen LogP contribution in [0.1, 0.15) is 40.5 Å². The number of aliphatic imine (C=N–C) groups is 1. The van der Waals surface area contributed by atoms with Crippen molar-refractivity contribution in [2.75, 3.05) is 26.7 Å². The van der Waals surface area contributed by atoms with Gasteiger partial charge in [0, 0.05) is 45.3 Å². The van der Waals surface area contributed by atoms with Crippen molar-refractivity contribution in [1.82, 2.24) is 30.3 Å². The summed E-state index contributed by atoms with van der Waals surface area (Å²) in [4.78, 5) is 6.74. The number of rotatable bonds is 10. The van der Waals surface area contributed by atoms with Gasteiger partial charge < -0.3 is 15.2 Å². The Balaban J connectivity index is 0.00000529. The van der Waals surface area contributed by atoms with E-state index in [1.54, 1.807) is 12.7 Å². The lowest BCUT2D eigenvalue weighted by Crippen LogP contribution is -2.45. The van der Waals surface area contributed by atoms with Crippen LogP contribution in [0.15, 0.2) is 17.6 Å². The van der Waals surface area contributed by atoms with E-state index in [1.165, 1.54) is 0 Å². The van der Waals surface area contributed by atoms with E-state index in [4.69, 9.17) is 0 Å². The van der Waals surface area contributed by atoms with Crippen molar-refractivity contribution in [2.45, 2.75) is 59.2 Å². The highest BCUT2D eigenvalue weighted by molar-refractivity contribution is 14.0. The maximum absolute atomic E-state index is 4.27. The number of nitrogens with one attached hydrogen (secondary N) is 2. The first-order valence-corrected chi connectivity index (χ1v) is 8.57. The lowest BCUT2D eigenvalue weighted by atomic mass is 10.2. The summed E-state index contributed by atoms with van der Waals surface area (Å²) in [6, 6.07) is 1.12. The maximum Gasteiger partial charge on any atom is 0.191 e. The summed E-state index contributed by atoms with van der Waals surface area (Å²) in [7, 11) is 1.81. The molecule has 0 unspecified atom stereocenters. The van der Waals surface area contributed by atoms with Crippen LogP contribution < -0.4 is 10.6 Å². The Kier molecular flexibility index (Phi) is 12.9. The molecule has 140 valence electrons. The molecule has 1 aromatic heterocycles. The molecule has 0 saturated carbocycles. The van der Waals surface area contributed by atoms with Crippen LogP contribution in [-0.2, 0) is 6.54 Å². The summed E-state index contributed by atoms with van der Waals surface area (Å²) in [5.41, 5.74) is 0. The number of hydrogen-bond donors (Lipinski definition) is 2. The van der Waals surface area contributed by atoms with Crippen LogP contribution in [0.2, 0.25) is 0 Å². The fourth-order valence-electron chi connectivity index (χ4n) is 2.60. The molecule has 0 saturated heterocycles. The summed E-state index contributed by atoms with van der Waals surface area (Å²) in [6.45, 7) is 12.7. The topological polar surface area (TPSA) is 70.4 Å². The Labute approximate surface area is 163 Å². The predicted molar refractivity (Wildman–Crippen MR) is 111 cm³/mol. The van der Waals surface area contributed by atoms with Gasteiger partial charge in [-0.05, 0) is 40.5 Å². The summed E-state index contributed by atoms with van der Waals surface area (Å²) in [5, 5.41) is 14.3. The van der Waals surface area contributed by atoms with E-state index in [1.807, 2.05) is 11.6 Å². The second-order valence-electron chi connectivity index (χ2n) is 6.26. The van der Waals surface area contributed by atoms with Crippen LogP contribution in [0.25, 0.3) is 0 Å². The number of guanidine groups is 1. The Morgan fingerprint density at radius 2 is 1.62 bits per heavy atom. The molecular weight excluding hydrogens is 417 g/mol. The first kappa shape index (κ1) is 23.1. The summed E-state index contributed by atoms with van der Waals surface area (Å²) in [6.07, 6.45) is 5.69. The Morgan fingerprint density at radius 1 is 1.04 bits per heavy atom. The third-order valence-corrected chi connectivity index (χ3v) is 3.81. The van der Waals surface area contributed by atoms with E-state index in [0.717, 1.165) is 45.0 Å². The monoisotopic (exact) mass is 451 g/mol. The van der Waals surface area contributed by atoms with Crippen LogP contribution >= 0.6 is 24.0 Å². The highest BCUT2D eigenvalue weighted by Crippen LogP contribution is 2.03. The number of unbranched alkanes of at least 4 members (excludes halogenated alkanes) is 1. The highest BCUT2D eigenvalue weighted by atomic mass is 127. The first-order chi connectivity index (χ1) is 11.0. The van der Waals surface area contributed by atoms with Gasteiger partial charge in [0.25, 0.3) is 0 Å². The zero-order valence-corrected chi connectivity index (χ0v) is 18.0. The molecule has 1 rings (SSSR count). The summed E-state index contributed by atoms with van der Waals surface area (Å²) in [5.74, 6) is 0.877. The van der Waals surface area contributed by atoms with E-state index in [-0.39, 0.29) is 24.0 Å². The van der Waals surface area contributed by atoms with Crippen LogP contribution in [0, 0.1) is 0 Å². The molecule has 0 amide bonds. The SMILES string of the molecule is CN=C(NCCCCn1cnnc1)NCCN(C(C)C)C(C)C.I. The molecule has 0 aliphatic rings. The lowest BCUT2D eigenvalue weighted by Gasteiger charge is -2.30. The standard InChI is InChI=1S/C16H33N7.HI/c1-14(2)23(15(3)4)11-9-19-16(17-5)18-8-6-7-10-22-12-20-21-13-22;/h12-15H,6-11H2,1-5H3,(H2,17,18,19);1H. The van der Waals surface area contributed by atoms with Gasteiger partial charge in [0.1, 0.15) is 12.7 Å². The fourth-order valence-corrected chi connectivity index (χ4v) is 2.60. The third-order valence-electron chi connectivity index (χ3n) is 3.81. The second kappa shape index (κ2) is 13.4. The normalized spacial score (nSPS) is 11.9. The van der Waals surface area contributed by atoms with Crippen LogP contribution in [0.4, 0.5) is 0 Å². The van der Waals surface area contributed by atoms with Crippen molar-refractivity contribution >= 4 is 29.9 Å². The van der Waals surface area contributed by atoms with Gasteiger partial charge in [-0.2, -0.15) is 0 Å². The van der Waals surface area contributed by atoms with Crippen LogP contribution in [0.5, 0.6) is 0 Å². The summed E-state index contributed by atoms with van der Waals surface area (Å²) >= 11 is 0. The van der Waals surface area contributed by atoms with Crippen molar-refractivity contribution < 1.29 is 0 Å². The smallest absolute Gasteiger partial charge is 0.191 e. The maximum atomic E-state index is 4.27. The van der Waals surface area contributed by atoms with Gasteiger partial charge in [-0.15, -0.1) is 34.2 Å². The zero-order valence-electron chi connectivity index (χ0n) is 15.7. The van der Waals surface area contributed by atoms with Gasteiger partial charge >= 0.3 is 0 Å². The van der Waals surface area contributed by atoms with E-state index in [0.29, 0.717) is 12.1 Å². The van der Waals surface area contributed by atoms with Gasteiger partial charge in [-0.3, -0.25) is 9.89 Å². The second-order valence-corrected chi connectivity index (χ2v) is 6.26. The van der Waals surface area contributed by atoms with Gasteiger partial charge in [0.15, 0.2) is 5.96 Å². The third kappa shape index (κ3) is 9.41. The molecule has 0 spiro atoms. The van der Waals surface area contributed by atoms with E-state index in [2.05, 4.69) is 58.4 Å². The van der Waals surface area contributed by atoms with Crippen LogP contribution in [-0.4, -0.2) is 64.4 Å². The Bertz CT molecular complexity index is 424. The minimum Gasteiger partial charge on any atom is -0.356 e. The van der Waals surface area contributed by atoms with Gasteiger partial charge in [0.05, 0.1) is 0 Å². The van der Waals surface area contributed by atoms with E-state index < -0.39 is 0 Å². The molecule has 0 bridgehead atoms. The molecule has 8 heteroatoms. The molecule has 24 heavy (non-hydrogen) atoms. The number of aryl methyl sites for hydroxylation is 1. The number of hydrogen-bond acceptors (Lipinski definition) is 4. The predicted octanol–water partition coefficient (Wildman–Crippen LogP) is 1.96. The number of halogens is 1. The highest BCUT2D eigenvalue weighted by Gasteiger charge is 2.12. The summed E-state index contributed by atoms with van der Waals surface area (Å²) < 4.78 is 2.00. The molecule has 1 aromatic rings. The molecule has 0 fully saturated rings.